The highest BCUT2D eigenvalue weighted by Gasteiger charge is 2.48. The third-order valence-corrected chi connectivity index (χ3v) is 4.79. The Morgan fingerprint density at radius 1 is 1.11 bits per heavy atom. The molecule has 0 spiro atoms. The zero-order valence-corrected chi connectivity index (χ0v) is 14.4. The monoisotopic (exact) mass is 384 g/mol. The minimum absolute atomic E-state index is 0.0447. The number of carbonyl (C=O) groups excluding carboxylic acids is 3. The van der Waals surface area contributed by atoms with Gasteiger partial charge in [-0.05, 0) is 25.0 Å². The predicted octanol–water partition coefficient (Wildman–Crippen LogP) is 2.74. The number of rotatable bonds is 5. The van der Waals surface area contributed by atoms with E-state index in [0.717, 1.165) is 17.7 Å². The summed E-state index contributed by atoms with van der Waals surface area (Å²) >= 11 is 0. The van der Waals surface area contributed by atoms with Crippen LogP contribution in [0.3, 0.4) is 0 Å². The topological polar surface area (TPSA) is 75.7 Å². The average Bonchev–Trinajstić information content (AvgIpc) is 2.86. The average molecular weight is 384 g/mol. The van der Waals surface area contributed by atoms with E-state index in [1.807, 2.05) is 0 Å². The number of anilines is 1. The van der Waals surface area contributed by atoms with Crippen LogP contribution in [0.5, 0.6) is 5.75 Å². The number of imide groups is 1. The zero-order chi connectivity index (χ0) is 19.6. The molecule has 1 aromatic carbocycles. The predicted molar refractivity (Wildman–Crippen MR) is 88.8 cm³/mol. The van der Waals surface area contributed by atoms with Crippen molar-refractivity contribution in [1.29, 1.82) is 0 Å². The van der Waals surface area contributed by atoms with Crippen LogP contribution in [0.4, 0.5) is 18.9 Å². The van der Waals surface area contributed by atoms with E-state index in [2.05, 4.69) is 5.32 Å². The second kappa shape index (κ2) is 7.58. The molecule has 2 aliphatic rings. The largest absolute Gasteiger partial charge is 0.482 e. The third-order valence-electron chi connectivity index (χ3n) is 4.79. The van der Waals surface area contributed by atoms with Crippen LogP contribution < -0.4 is 10.1 Å². The molecule has 1 aliphatic heterocycles. The molecule has 6 nitrogen and oxygen atoms in total. The van der Waals surface area contributed by atoms with E-state index >= 15 is 0 Å². The Morgan fingerprint density at radius 2 is 1.70 bits per heavy atom. The first kappa shape index (κ1) is 19.2. The maximum absolute atomic E-state index is 12.4. The standard InChI is InChI=1S/C18H19F3N2O4/c19-18(20,21)10-27-14-8-4-3-7-13(14)22-15(24)9-23-16(25)11-5-1-2-6-12(11)17(23)26/h3-4,7-8,11-12H,1-2,5-6,9-10H2,(H,22,24). The van der Waals surface area contributed by atoms with Crippen LogP contribution in [0.2, 0.25) is 0 Å². The van der Waals surface area contributed by atoms with Crippen molar-refractivity contribution in [1.82, 2.24) is 4.90 Å². The van der Waals surface area contributed by atoms with Gasteiger partial charge in [0.25, 0.3) is 0 Å². The van der Waals surface area contributed by atoms with E-state index in [-0.39, 0.29) is 35.1 Å². The fraction of sp³-hybridized carbons (Fsp3) is 0.500. The summed E-state index contributed by atoms with van der Waals surface area (Å²) in [4.78, 5) is 38.0. The number of halogens is 3. The van der Waals surface area contributed by atoms with E-state index in [1.165, 1.54) is 24.3 Å². The maximum atomic E-state index is 12.4. The molecule has 1 N–H and O–H groups in total. The minimum atomic E-state index is -4.51. The molecule has 1 saturated carbocycles. The van der Waals surface area contributed by atoms with Gasteiger partial charge in [-0.15, -0.1) is 0 Å². The first-order chi connectivity index (χ1) is 12.8. The molecule has 0 aromatic heterocycles. The Balaban J connectivity index is 1.64. The van der Waals surface area contributed by atoms with Crippen LogP contribution in [0.25, 0.3) is 0 Å². The molecule has 1 aromatic rings. The number of para-hydroxylation sites is 2. The summed E-state index contributed by atoms with van der Waals surface area (Å²) in [7, 11) is 0. The quantitative estimate of drug-likeness (QED) is 0.792. The van der Waals surface area contributed by atoms with Crippen molar-refractivity contribution in [2.24, 2.45) is 11.8 Å². The van der Waals surface area contributed by atoms with Crippen LogP contribution in [0.1, 0.15) is 25.7 Å². The Hall–Kier alpha value is -2.58. The third kappa shape index (κ3) is 4.40. The first-order valence-electron chi connectivity index (χ1n) is 8.70. The van der Waals surface area contributed by atoms with Gasteiger partial charge in [0.05, 0.1) is 17.5 Å². The van der Waals surface area contributed by atoms with Gasteiger partial charge in [0.1, 0.15) is 12.3 Å². The van der Waals surface area contributed by atoms with Gasteiger partial charge >= 0.3 is 6.18 Å². The van der Waals surface area contributed by atoms with Gasteiger partial charge in [-0.25, -0.2) is 0 Å². The summed E-state index contributed by atoms with van der Waals surface area (Å²) in [5, 5.41) is 2.42. The number of likely N-dealkylation sites (tertiary alicyclic amines) is 1. The van der Waals surface area contributed by atoms with Gasteiger partial charge in [0, 0.05) is 0 Å². The molecule has 146 valence electrons. The van der Waals surface area contributed by atoms with Crippen molar-refractivity contribution in [3.05, 3.63) is 24.3 Å². The molecular formula is C18H19F3N2O4. The van der Waals surface area contributed by atoms with E-state index in [4.69, 9.17) is 4.74 Å². The molecule has 3 rings (SSSR count). The number of amides is 3. The second-order valence-electron chi connectivity index (χ2n) is 6.71. The van der Waals surface area contributed by atoms with Gasteiger partial charge in [0.2, 0.25) is 17.7 Å². The zero-order valence-electron chi connectivity index (χ0n) is 14.4. The number of hydrogen-bond donors (Lipinski definition) is 1. The second-order valence-corrected chi connectivity index (χ2v) is 6.71. The smallest absolute Gasteiger partial charge is 0.422 e. The lowest BCUT2D eigenvalue weighted by molar-refractivity contribution is -0.153. The number of benzene rings is 1. The van der Waals surface area contributed by atoms with E-state index in [0.29, 0.717) is 12.8 Å². The van der Waals surface area contributed by atoms with Gasteiger partial charge in [-0.2, -0.15) is 13.2 Å². The first-order valence-corrected chi connectivity index (χ1v) is 8.70. The lowest BCUT2D eigenvalue weighted by Gasteiger charge is -2.19. The van der Waals surface area contributed by atoms with E-state index < -0.39 is 25.2 Å². The lowest BCUT2D eigenvalue weighted by Crippen LogP contribution is -2.38. The molecule has 0 bridgehead atoms. The molecule has 27 heavy (non-hydrogen) atoms. The van der Waals surface area contributed by atoms with Gasteiger partial charge in [0.15, 0.2) is 6.61 Å². The Morgan fingerprint density at radius 3 is 2.30 bits per heavy atom. The fourth-order valence-corrected chi connectivity index (χ4v) is 3.58. The molecule has 3 amide bonds. The number of fused-ring (bicyclic) bond motifs is 1. The van der Waals surface area contributed by atoms with Crippen molar-refractivity contribution in [2.45, 2.75) is 31.9 Å². The highest BCUT2D eigenvalue weighted by atomic mass is 19.4. The summed E-state index contributed by atoms with van der Waals surface area (Å²) in [5.41, 5.74) is 0.0447. The van der Waals surface area contributed by atoms with Gasteiger partial charge in [-0.1, -0.05) is 25.0 Å². The molecule has 2 atom stereocenters. The summed E-state index contributed by atoms with van der Waals surface area (Å²) in [6.45, 7) is -1.95. The Kier molecular flexibility index (Phi) is 5.38. The summed E-state index contributed by atoms with van der Waals surface area (Å²) in [5.74, 6) is -2.22. The lowest BCUT2D eigenvalue weighted by atomic mass is 9.81. The molecule has 0 radical (unpaired) electrons. The summed E-state index contributed by atoms with van der Waals surface area (Å²) < 4.78 is 41.7. The number of nitrogens with one attached hydrogen (secondary N) is 1. The summed E-state index contributed by atoms with van der Waals surface area (Å²) in [6.07, 6.45) is -1.47. The van der Waals surface area contributed by atoms with Gasteiger partial charge < -0.3 is 10.1 Å². The van der Waals surface area contributed by atoms with Gasteiger partial charge in [-0.3, -0.25) is 19.3 Å². The molecule has 1 heterocycles. The number of nitrogens with zero attached hydrogens (tertiary/aromatic N) is 1. The van der Waals surface area contributed by atoms with Crippen LogP contribution in [0.15, 0.2) is 24.3 Å². The molecule has 2 fully saturated rings. The van der Waals surface area contributed by atoms with Crippen molar-refractivity contribution < 1.29 is 32.3 Å². The van der Waals surface area contributed by atoms with Crippen molar-refractivity contribution >= 4 is 23.4 Å². The number of alkyl halides is 3. The molecular weight excluding hydrogens is 365 g/mol. The van der Waals surface area contributed by atoms with Crippen molar-refractivity contribution in [3.63, 3.8) is 0 Å². The Bertz CT molecular complexity index is 726. The van der Waals surface area contributed by atoms with E-state index in [9.17, 15) is 27.6 Å². The number of carbonyl (C=O) groups is 3. The van der Waals surface area contributed by atoms with Crippen LogP contribution >= 0.6 is 0 Å². The SMILES string of the molecule is O=C(CN1C(=O)C2CCCCC2C1=O)Nc1ccccc1OCC(F)(F)F. The maximum Gasteiger partial charge on any atom is 0.422 e. The highest BCUT2D eigenvalue weighted by molar-refractivity contribution is 6.08. The van der Waals surface area contributed by atoms with Crippen molar-refractivity contribution in [3.8, 4) is 5.75 Å². The molecule has 2 unspecified atom stereocenters. The summed E-state index contributed by atoms with van der Waals surface area (Å²) in [6, 6.07) is 5.68. The molecule has 9 heteroatoms. The number of ether oxygens (including phenoxy) is 1. The van der Waals surface area contributed by atoms with Crippen LogP contribution in [-0.2, 0) is 14.4 Å². The fourth-order valence-electron chi connectivity index (χ4n) is 3.58. The molecule has 1 aliphatic carbocycles. The highest BCUT2D eigenvalue weighted by Crippen LogP contribution is 2.38. The van der Waals surface area contributed by atoms with Crippen LogP contribution in [-0.4, -0.2) is 41.9 Å². The normalized spacial score (nSPS) is 22.6. The molecule has 1 saturated heterocycles. The minimum Gasteiger partial charge on any atom is -0.482 e. The Labute approximate surface area is 153 Å². The number of hydrogen-bond acceptors (Lipinski definition) is 4. The van der Waals surface area contributed by atoms with Crippen LogP contribution in [0, 0.1) is 11.8 Å². The van der Waals surface area contributed by atoms with Crippen molar-refractivity contribution in [2.75, 3.05) is 18.5 Å². The van der Waals surface area contributed by atoms with E-state index in [1.54, 1.807) is 0 Å².